The second kappa shape index (κ2) is 7.63. The maximum Gasteiger partial charge on any atom is 0.248 e. The van der Waals surface area contributed by atoms with Crippen molar-refractivity contribution in [1.29, 1.82) is 0 Å². The number of primary amides is 3. The van der Waals surface area contributed by atoms with Crippen LogP contribution in [0.1, 0.15) is 31.1 Å². The quantitative estimate of drug-likeness (QED) is 0.611. The molecule has 7 nitrogen and oxygen atoms in total. The Morgan fingerprint density at radius 3 is 0.857 bits per heavy atom. The topological polar surface area (TPSA) is 133 Å². The number of rotatable bonds is 6. The van der Waals surface area contributed by atoms with Gasteiger partial charge in [0.1, 0.15) is 0 Å². The van der Waals surface area contributed by atoms with Gasteiger partial charge in [-0.2, -0.15) is 0 Å². The molecule has 0 saturated heterocycles. The summed E-state index contributed by atoms with van der Waals surface area (Å²) in [6, 6.07) is 20.3. The maximum absolute atomic E-state index is 11.3. The van der Waals surface area contributed by atoms with Crippen LogP contribution < -0.4 is 22.1 Å². The van der Waals surface area contributed by atoms with E-state index in [9.17, 15) is 14.4 Å². The molecule has 0 atom stereocenters. The van der Waals surface area contributed by atoms with Gasteiger partial charge < -0.3 is 22.1 Å². The number of anilines is 3. The first-order chi connectivity index (χ1) is 13.4. The Bertz CT molecular complexity index is 890. The van der Waals surface area contributed by atoms with Gasteiger partial charge in [0.15, 0.2) is 0 Å². The molecular formula is C21H18N4O3. The lowest BCUT2D eigenvalue weighted by molar-refractivity contribution is 0.0992. The minimum absolute atomic E-state index is 0.386. The molecule has 0 aromatic heterocycles. The standard InChI is InChI=1S/C21H18N4O3/c22-19(26)13-1-7-16(8-2-13)25(17-9-3-14(4-10-17)20(23)27)18-11-5-15(6-12-18)21(24)28/h1-12H,(H2,22,26)(H2,23,27)(H2,24,28). The molecule has 28 heavy (non-hydrogen) atoms. The summed E-state index contributed by atoms with van der Waals surface area (Å²) >= 11 is 0. The predicted octanol–water partition coefficient (Wildman–Crippen LogP) is 2.45. The van der Waals surface area contributed by atoms with Crippen LogP contribution in [0.15, 0.2) is 72.8 Å². The molecule has 0 bridgehead atoms. The Morgan fingerprint density at radius 2 is 0.679 bits per heavy atom. The van der Waals surface area contributed by atoms with E-state index >= 15 is 0 Å². The lowest BCUT2D eigenvalue weighted by atomic mass is 10.1. The summed E-state index contributed by atoms with van der Waals surface area (Å²) in [7, 11) is 0. The average molecular weight is 374 g/mol. The van der Waals surface area contributed by atoms with Crippen molar-refractivity contribution < 1.29 is 14.4 Å². The zero-order valence-electron chi connectivity index (χ0n) is 14.8. The Morgan fingerprint density at radius 1 is 0.464 bits per heavy atom. The number of nitrogens with two attached hydrogens (primary N) is 3. The van der Waals surface area contributed by atoms with E-state index in [1.807, 2.05) is 4.90 Å². The molecule has 0 fully saturated rings. The van der Waals surface area contributed by atoms with E-state index < -0.39 is 17.7 Å². The van der Waals surface area contributed by atoms with Crippen LogP contribution >= 0.6 is 0 Å². The van der Waals surface area contributed by atoms with Gasteiger partial charge in [-0.25, -0.2) is 0 Å². The first kappa shape index (κ1) is 18.7. The molecule has 3 rings (SSSR count). The molecule has 7 heteroatoms. The van der Waals surface area contributed by atoms with Gasteiger partial charge in [0.25, 0.3) is 0 Å². The van der Waals surface area contributed by atoms with E-state index in [0.717, 1.165) is 17.1 Å². The van der Waals surface area contributed by atoms with Crippen LogP contribution in [-0.4, -0.2) is 17.7 Å². The van der Waals surface area contributed by atoms with E-state index in [1.54, 1.807) is 72.8 Å². The zero-order valence-corrected chi connectivity index (χ0v) is 14.8. The summed E-state index contributed by atoms with van der Waals surface area (Å²) in [5.74, 6) is -1.56. The fourth-order valence-electron chi connectivity index (χ4n) is 2.77. The van der Waals surface area contributed by atoms with E-state index in [4.69, 9.17) is 17.2 Å². The van der Waals surface area contributed by atoms with Gasteiger partial charge in [0.05, 0.1) is 0 Å². The van der Waals surface area contributed by atoms with Crippen molar-refractivity contribution in [2.45, 2.75) is 0 Å². The van der Waals surface area contributed by atoms with Crippen LogP contribution in [0.5, 0.6) is 0 Å². The Labute approximate surface area is 161 Å². The SMILES string of the molecule is NC(=O)c1ccc(N(c2ccc(C(N)=O)cc2)c2ccc(C(N)=O)cc2)cc1. The molecule has 0 heterocycles. The molecule has 0 saturated carbocycles. The molecule has 3 aromatic rings. The molecule has 0 aliphatic heterocycles. The smallest absolute Gasteiger partial charge is 0.248 e. The first-order valence-electron chi connectivity index (χ1n) is 8.36. The van der Waals surface area contributed by atoms with Gasteiger partial charge in [0.2, 0.25) is 17.7 Å². The number of nitrogens with zero attached hydrogens (tertiary/aromatic N) is 1. The first-order valence-corrected chi connectivity index (χ1v) is 8.36. The third-order valence-corrected chi connectivity index (χ3v) is 4.23. The van der Waals surface area contributed by atoms with Crippen LogP contribution in [0.2, 0.25) is 0 Å². The number of hydrogen-bond donors (Lipinski definition) is 3. The van der Waals surface area contributed by atoms with Crippen LogP contribution in [0.4, 0.5) is 17.1 Å². The lowest BCUT2D eigenvalue weighted by Gasteiger charge is -2.25. The van der Waals surface area contributed by atoms with Crippen molar-refractivity contribution in [2.75, 3.05) is 4.90 Å². The summed E-state index contributed by atoms with van der Waals surface area (Å²) in [6.45, 7) is 0. The number of carbonyl (C=O) groups is 3. The highest BCUT2D eigenvalue weighted by molar-refractivity contribution is 5.95. The van der Waals surface area contributed by atoms with Crippen molar-refractivity contribution >= 4 is 34.8 Å². The summed E-state index contributed by atoms with van der Waals surface area (Å²) in [6.07, 6.45) is 0. The highest BCUT2D eigenvalue weighted by Crippen LogP contribution is 2.34. The normalized spacial score (nSPS) is 10.3. The van der Waals surface area contributed by atoms with Gasteiger partial charge in [-0.05, 0) is 72.8 Å². The summed E-state index contributed by atoms with van der Waals surface area (Å²) in [5.41, 5.74) is 19.4. The van der Waals surface area contributed by atoms with Crippen molar-refractivity contribution in [2.24, 2.45) is 17.2 Å². The fourth-order valence-corrected chi connectivity index (χ4v) is 2.77. The lowest BCUT2D eigenvalue weighted by Crippen LogP contribution is -2.14. The molecule has 0 aliphatic carbocycles. The molecule has 0 radical (unpaired) electrons. The molecular weight excluding hydrogens is 356 g/mol. The molecule has 0 unspecified atom stereocenters. The van der Waals surface area contributed by atoms with Gasteiger partial charge in [0, 0.05) is 33.8 Å². The van der Waals surface area contributed by atoms with E-state index in [1.165, 1.54) is 0 Å². The molecule has 3 aromatic carbocycles. The van der Waals surface area contributed by atoms with Gasteiger partial charge in [-0.1, -0.05) is 0 Å². The van der Waals surface area contributed by atoms with Crippen LogP contribution in [0, 0.1) is 0 Å². The highest BCUT2D eigenvalue weighted by Gasteiger charge is 2.14. The number of hydrogen-bond acceptors (Lipinski definition) is 4. The number of benzene rings is 3. The predicted molar refractivity (Wildman–Crippen MR) is 107 cm³/mol. The van der Waals surface area contributed by atoms with Crippen LogP contribution in [0.25, 0.3) is 0 Å². The van der Waals surface area contributed by atoms with Gasteiger partial charge >= 0.3 is 0 Å². The largest absolute Gasteiger partial charge is 0.366 e. The third kappa shape index (κ3) is 3.83. The Balaban J connectivity index is 2.08. The highest BCUT2D eigenvalue weighted by atomic mass is 16.1. The minimum atomic E-state index is -0.519. The number of amides is 3. The van der Waals surface area contributed by atoms with Crippen molar-refractivity contribution in [3.8, 4) is 0 Å². The van der Waals surface area contributed by atoms with Crippen molar-refractivity contribution in [3.05, 3.63) is 89.5 Å². The number of carbonyl (C=O) groups excluding carboxylic acids is 3. The van der Waals surface area contributed by atoms with Crippen LogP contribution in [0.3, 0.4) is 0 Å². The van der Waals surface area contributed by atoms with Gasteiger partial charge in [-0.3, -0.25) is 14.4 Å². The Kier molecular flexibility index (Phi) is 5.08. The molecule has 140 valence electrons. The van der Waals surface area contributed by atoms with Crippen molar-refractivity contribution in [1.82, 2.24) is 0 Å². The maximum atomic E-state index is 11.3. The second-order valence-corrected chi connectivity index (χ2v) is 6.07. The van der Waals surface area contributed by atoms with Gasteiger partial charge in [-0.15, -0.1) is 0 Å². The third-order valence-electron chi connectivity index (χ3n) is 4.23. The molecule has 0 aliphatic rings. The summed E-state index contributed by atoms with van der Waals surface area (Å²) in [5, 5.41) is 0. The minimum Gasteiger partial charge on any atom is -0.366 e. The molecule has 6 N–H and O–H groups in total. The summed E-state index contributed by atoms with van der Waals surface area (Å²) in [4.78, 5) is 35.9. The summed E-state index contributed by atoms with van der Waals surface area (Å²) < 4.78 is 0. The Hall–Kier alpha value is -4.13. The molecule has 3 amide bonds. The monoisotopic (exact) mass is 374 g/mol. The van der Waals surface area contributed by atoms with E-state index in [2.05, 4.69) is 0 Å². The average Bonchev–Trinajstić information content (AvgIpc) is 2.69. The second-order valence-electron chi connectivity index (χ2n) is 6.07. The van der Waals surface area contributed by atoms with E-state index in [-0.39, 0.29) is 0 Å². The fraction of sp³-hybridized carbons (Fsp3) is 0. The molecule has 0 spiro atoms. The zero-order chi connectivity index (χ0) is 20.3. The van der Waals surface area contributed by atoms with E-state index in [0.29, 0.717) is 16.7 Å². The van der Waals surface area contributed by atoms with Crippen molar-refractivity contribution in [3.63, 3.8) is 0 Å². The van der Waals surface area contributed by atoms with Crippen LogP contribution in [-0.2, 0) is 0 Å².